The average Bonchev–Trinajstić information content (AvgIpc) is 3.59. The predicted molar refractivity (Wildman–Crippen MR) is 188 cm³/mol. The Balaban J connectivity index is 1.13. The van der Waals surface area contributed by atoms with Gasteiger partial charge >= 0.3 is 0 Å². The second-order valence-electron chi connectivity index (χ2n) is 13.3. The number of fused-ring (bicyclic) bond motifs is 4. The van der Waals surface area contributed by atoms with Crippen LogP contribution in [0.5, 0.6) is 0 Å². The first-order valence-corrected chi connectivity index (χ1v) is 17.0. The molecule has 1 aliphatic heterocycles. The van der Waals surface area contributed by atoms with Gasteiger partial charge in [0.2, 0.25) is 5.91 Å². The van der Waals surface area contributed by atoms with E-state index in [-0.39, 0.29) is 5.56 Å². The molecule has 0 saturated heterocycles. The van der Waals surface area contributed by atoms with Gasteiger partial charge in [-0.05, 0) is 87.3 Å². The van der Waals surface area contributed by atoms with Gasteiger partial charge in [-0.1, -0.05) is 24.3 Å². The topological polar surface area (TPSA) is 90.2 Å². The van der Waals surface area contributed by atoms with Gasteiger partial charge in [0, 0.05) is 67.6 Å². The molecule has 2 aliphatic rings. The molecule has 254 valence electrons. The van der Waals surface area contributed by atoms with E-state index in [0.717, 1.165) is 95.1 Å². The highest BCUT2D eigenvalue weighted by atomic mass is 19.1. The smallest absolute Gasteiger partial charge is 0.248 e. The summed E-state index contributed by atoms with van der Waals surface area (Å²) in [6, 6.07) is 10.4. The van der Waals surface area contributed by atoms with Crippen molar-refractivity contribution in [3.05, 3.63) is 94.5 Å². The number of carbonyl (C=O) groups excluding carboxylic acids is 2. The molecule has 0 radical (unpaired) electrons. The molecule has 5 aromatic rings. The number of halogens is 2. The molecule has 2 N–H and O–H groups in total. The number of carbonyl (C=O) groups is 2. The Hall–Kier alpha value is -4.67. The normalized spacial score (nSPS) is 17.8. The summed E-state index contributed by atoms with van der Waals surface area (Å²) in [7, 11) is 3.76. The third-order valence-corrected chi connectivity index (χ3v) is 10.3. The summed E-state index contributed by atoms with van der Waals surface area (Å²) in [5, 5.41) is 6.40. The molecule has 0 atom stereocenters. The van der Waals surface area contributed by atoms with Gasteiger partial charge in [0.05, 0.1) is 22.7 Å². The Morgan fingerprint density at radius 2 is 1.84 bits per heavy atom. The fourth-order valence-corrected chi connectivity index (χ4v) is 7.66. The molecule has 10 heteroatoms. The summed E-state index contributed by atoms with van der Waals surface area (Å²) in [6.07, 6.45) is 10.6. The number of ketones is 1. The molecule has 8 nitrogen and oxygen atoms in total. The van der Waals surface area contributed by atoms with Gasteiger partial charge in [-0.25, -0.2) is 13.8 Å². The number of benzene rings is 3. The summed E-state index contributed by atoms with van der Waals surface area (Å²) in [5.74, 6) is -2.23. The molecule has 1 saturated carbocycles. The van der Waals surface area contributed by atoms with Crippen LogP contribution < -0.4 is 10.6 Å². The Morgan fingerprint density at radius 3 is 2.57 bits per heavy atom. The summed E-state index contributed by atoms with van der Waals surface area (Å²) < 4.78 is 40.2. The number of hydrogen-bond acceptors (Lipinski definition) is 5. The molecular weight excluding hydrogens is 624 g/mol. The van der Waals surface area contributed by atoms with Crippen LogP contribution in [0.25, 0.3) is 33.1 Å². The molecule has 1 aliphatic carbocycles. The van der Waals surface area contributed by atoms with Crippen molar-refractivity contribution in [2.45, 2.75) is 71.1 Å². The number of rotatable bonds is 8. The van der Waals surface area contributed by atoms with Crippen molar-refractivity contribution < 1.29 is 23.1 Å². The number of aryl methyl sites for hydroxylation is 5. The van der Waals surface area contributed by atoms with E-state index in [9.17, 15) is 9.59 Å². The molecule has 3 heterocycles. The summed E-state index contributed by atoms with van der Waals surface area (Å²) >= 11 is 0. The first-order valence-electron chi connectivity index (χ1n) is 17.0. The number of nitrogens with one attached hydrogen (secondary N) is 2. The Kier molecular flexibility index (Phi) is 8.94. The molecule has 49 heavy (non-hydrogen) atoms. The van der Waals surface area contributed by atoms with Crippen molar-refractivity contribution >= 4 is 39.3 Å². The van der Waals surface area contributed by atoms with Crippen molar-refractivity contribution in [2.24, 2.45) is 7.05 Å². The number of hydrogen-bond donors (Lipinski definition) is 2. The van der Waals surface area contributed by atoms with Gasteiger partial charge in [0.25, 0.3) is 0 Å². The molecule has 2 aromatic heterocycles. The van der Waals surface area contributed by atoms with Crippen molar-refractivity contribution in [1.29, 1.82) is 0 Å². The molecular formula is C39H41F2N5O3. The van der Waals surface area contributed by atoms with E-state index in [1.54, 1.807) is 19.4 Å². The Bertz CT molecular complexity index is 2110. The van der Waals surface area contributed by atoms with Crippen LogP contribution in [-0.4, -0.2) is 51.6 Å². The van der Waals surface area contributed by atoms with Crippen LogP contribution >= 0.6 is 0 Å². The van der Waals surface area contributed by atoms with Gasteiger partial charge < -0.3 is 24.5 Å². The van der Waals surface area contributed by atoms with Gasteiger partial charge in [-0.2, -0.15) is 0 Å². The molecule has 0 spiro atoms. The predicted octanol–water partition coefficient (Wildman–Crippen LogP) is 7.31. The Morgan fingerprint density at radius 1 is 1.08 bits per heavy atom. The maximum atomic E-state index is 15.3. The number of para-hydroxylation sites is 1. The van der Waals surface area contributed by atoms with Crippen molar-refractivity contribution in [2.75, 3.05) is 19.0 Å². The first-order chi connectivity index (χ1) is 23.6. The maximum Gasteiger partial charge on any atom is 0.248 e. The van der Waals surface area contributed by atoms with Crippen molar-refractivity contribution in [3.8, 4) is 11.1 Å². The summed E-state index contributed by atoms with van der Waals surface area (Å²) in [5.41, 5.74) is 7.11. The van der Waals surface area contributed by atoms with Crippen LogP contribution in [0.4, 0.5) is 14.5 Å². The van der Waals surface area contributed by atoms with Crippen molar-refractivity contribution in [3.63, 3.8) is 0 Å². The summed E-state index contributed by atoms with van der Waals surface area (Å²) in [4.78, 5) is 31.4. The molecule has 0 bridgehead atoms. The Labute approximate surface area is 284 Å². The van der Waals surface area contributed by atoms with Crippen LogP contribution in [0.3, 0.4) is 0 Å². The molecule has 1 amide bonds. The second-order valence-corrected chi connectivity index (χ2v) is 13.3. The van der Waals surface area contributed by atoms with Gasteiger partial charge in [0.1, 0.15) is 23.1 Å². The molecule has 3 aromatic carbocycles. The molecule has 1 fully saturated rings. The van der Waals surface area contributed by atoms with Crippen LogP contribution in [0.15, 0.2) is 54.7 Å². The minimum atomic E-state index is -1.01. The summed E-state index contributed by atoms with van der Waals surface area (Å²) in [6.45, 7) is 5.25. The lowest BCUT2D eigenvalue weighted by atomic mass is 9.89. The number of amides is 1. The lowest BCUT2D eigenvalue weighted by molar-refractivity contribution is -0.112. The fraction of sp³-hybridized carbons (Fsp3) is 0.359. The van der Waals surface area contributed by atoms with Crippen LogP contribution in [0.1, 0.15) is 65.0 Å². The SMILES string of the molecule is COC1CCC(NC/C=C/C(=O)Nc2c(F)cc(C(=O)c3cn4c5c(cccc35)-c3c(C)cc5c(nc(C)n5C)c3CCC4)cc2F)CC1. The van der Waals surface area contributed by atoms with Gasteiger partial charge in [-0.3, -0.25) is 9.59 Å². The van der Waals surface area contributed by atoms with E-state index in [0.29, 0.717) is 30.8 Å². The number of imidazole rings is 1. The zero-order valence-corrected chi connectivity index (χ0v) is 28.3. The largest absolute Gasteiger partial charge is 0.381 e. The number of nitrogens with zero attached hydrogens (tertiary/aromatic N) is 3. The molecule has 7 rings (SSSR count). The average molecular weight is 666 g/mol. The number of aromatic nitrogens is 3. The third-order valence-electron chi connectivity index (χ3n) is 10.3. The highest BCUT2D eigenvalue weighted by Crippen LogP contribution is 2.41. The third kappa shape index (κ3) is 6.08. The highest BCUT2D eigenvalue weighted by Gasteiger charge is 2.26. The zero-order chi connectivity index (χ0) is 34.4. The number of ether oxygens (including phenoxy) is 1. The minimum absolute atomic E-state index is 0.127. The van der Waals surface area contributed by atoms with Crippen LogP contribution in [-0.2, 0) is 29.5 Å². The number of anilines is 1. The van der Waals surface area contributed by atoms with E-state index in [2.05, 4.69) is 38.8 Å². The van der Waals surface area contributed by atoms with E-state index in [1.165, 1.54) is 11.6 Å². The van der Waals surface area contributed by atoms with E-state index in [4.69, 9.17) is 9.72 Å². The highest BCUT2D eigenvalue weighted by molar-refractivity contribution is 6.18. The van der Waals surface area contributed by atoms with Gasteiger partial charge in [0.15, 0.2) is 5.78 Å². The first kappa shape index (κ1) is 32.9. The molecule has 0 unspecified atom stereocenters. The second kappa shape index (κ2) is 13.3. The minimum Gasteiger partial charge on any atom is -0.381 e. The van der Waals surface area contributed by atoms with Gasteiger partial charge in [-0.15, -0.1) is 0 Å². The lowest BCUT2D eigenvalue weighted by Gasteiger charge is -2.27. The maximum absolute atomic E-state index is 15.3. The van der Waals surface area contributed by atoms with E-state index in [1.807, 2.05) is 26.1 Å². The number of methoxy groups -OCH3 is 1. The van der Waals surface area contributed by atoms with E-state index >= 15 is 8.78 Å². The van der Waals surface area contributed by atoms with Crippen molar-refractivity contribution in [1.82, 2.24) is 19.4 Å². The fourth-order valence-electron chi connectivity index (χ4n) is 7.66. The monoisotopic (exact) mass is 665 g/mol. The lowest BCUT2D eigenvalue weighted by Crippen LogP contribution is -2.35. The zero-order valence-electron chi connectivity index (χ0n) is 28.3. The standard InChI is InChI=1S/C39H41F2N5O3/c1-22-18-33-36(43-23(2)45(33)3)28-10-7-17-46-21-30(27-8-5-9-29(35(22)28)38(27)46)39(48)24-19-31(40)37(32(41)20-24)44-34(47)11-6-16-42-25-12-14-26(49-4)15-13-25/h5-6,8-9,11,18-21,25-26,42H,7,10,12-17H2,1-4H3,(H,44,47)/b11-6+. The van der Waals surface area contributed by atoms with Crippen LogP contribution in [0, 0.1) is 25.5 Å². The quantitative estimate of drug-likeness (QED) is 0.134. The van der Waals surface area contributed by atoms with E-state index < -0.39 is 29.0 Å². The van der Waals surface area contributed by atoms with Crippen LogP contribution in [0.2, 0.25) is 0 Å².